The highest BCUT2D eigenvalue weighted by molar-refractivity contribution is 5.99. The molecular weight excluding hydrogens is 130 g/mol. The van der Waals surface area contributed by atoms with Crippen molar-refractivity contribution in [2.75, 3.05) is 13.1 Å². The summed E-state index contributed by atoms with van der Waals surface area (Å²) >= 11 is 0. The van der Waals surface area contributed by atoms with Crippen LogP contribution in [0.25, 0.3) is 0 Å². The predicted octanol–water partition coefficient (Wildman–Crippen LogP) is -0.447. The first-order valence-corrected chi connectivity index (χ1v) is 3.36. The Morgan fingerprint density at radius 2 is 2.50 bits per heavy atom. The van der Waals surface area contributed by atoms with Crippen LogP contribution < -0.4 is 5.73 Å². The van der Waals surface area contributed by atoms with Crippen molar-refractivity contribution in [3.8, 4) is 0 Å². The van der Waals surface area contributed by atoms with Crippen molar-refractivity contribution in [2.45, 2.75) is 13.3 Å². The molecule has 0 aromatic rings. The largest absolute Gasteiger partial charge is 0.369 e. The van der Waals surface area contributed by atoms with Gasteiger partial charge in [-0.2, -0.15) is 4.99 Å². The second-order valence-corrected chi connectivity index (χ2v) is 2.29. The molecule has 0 fully saturated rings. The van der Waals surface area contributed by atoms with Gasteiger partial charge >= 0.3 is 0 Å². The van der Waals surface area contributed by atoms with Crippen molar-refractivity contribution in [2.24, 2.45) is 10.7 Å². The van der Waals surface area contributed by atoms with Crippen LogP contribution in [-0.4, -0.2) is 29.9 Å². The van der Waals surface area contributed by atoms with E-state index in [1.165, 1.54) is 0 Å². The Balaban J connectivity index is 2.51. The lowest BCUT2D eigenvalue weighted by Gasteiger charge is -2.13. The fourth-order valence-electron chi connectivity index (χ4n) is 0.942. The van der Waals surface area contributed by atoms with Gasteiger partial charge in [-0.1, -0.05) is 6.92 Å². The summed E-state index contributed by atoms with van der Waals surface area (Å²) in [7, 11) is 0. The number of rotatable bonds is 2. The van der Waals surface area contributed by atoms with Gasteiger partial charge in [-0.3, -0.25) is 4.79 Å². The molecule has 0 radical (unpaired) electrons. The van der Waals surface area contributed by atoms with Crippen molar-refractivity contribution in [1.29, 1.82) is 0 Å². The number of guanidine groups is 1. The van der Waals surface area contributed by atoms with E-state index in [-0.39, 0.29) is 5.91 Å². The van der Waals surface area contributed by atoms with E-state index in [4.69, 9.17) is 5.73 Å². The molecule has 1 heterocycles. The standard InChI is InChI=1S/C6H11N3O/c1-2-3-9-4-5(10)8-6(9)7/h2-4H2,1H3,(H2,7,8,10). The molecule has 0 aromatic carbocycles. The fraction of sp³-hybridized carbons (Fsp3) is 0.667. The fourth-order valence-corrected chi connectivity index (χ4v) is 0.942. The molecule has 10 heavy (non-hydrogen) atoms. The first-order chi connectivity index (χ1) is 4.74. The Bertz CT molecular complexity index is 176. The van der Waals surface area contributed by atoms with Crippen LogP contribution in [0.3, 0.4) is 0 Å². The molecule has 0 unspecified atom stereocenters. The normalized spacial score (nSPS) is 17.9. The first kappa shape index (κ1) is 7.05. The van der Waals surface area contributed by atoms with Crippen LogP contribution in [0.5, 0.6) is 0 Å². The summed E-state index contributed by atoms with van der Waals surface area (Å²) in [6.07, 6.45) is 0.990. The van der Waals surface area contributed by atoms with E-state index in [0.29, 0.717) is 12.5 Å². The number of carbonyl (C=O) groups is 1. The number of aliphatic imine (C=N–C) groups is 1. The molecule has 2 N–H and O–H groups in total. The third-order valence-corrected chi connectivity index (χ3v) is 1.38. The quantitative estimate of drug-likeness (QED) is 0.566. The summed E-state index contributed by atoms with van der Waals surface area (Å²) in [5.74, 6) is 0.234. The number of nitrogens with zero attached hydrogens (tertiary/aromatic N) is 2. The minimum absolute atomic E-state index is 0.133. The van der Waals surface area contributed by atoms with Crippen LogP contribution in [0.15, 0.2) is 4.99 Å². The van der Waals surface area contributed by atoms with Crippen molar-refractivity contribution in [1.82, 2.24) is 4.90 Å². The van der Waals surface area contributed by atoms with E-state index in [9.17, 15) is 4.79 Å². The Morgan fingerprint density at radius 3 is 2.90 bits per heavy atom. The van der Waals surface area contributed by atoms with E-state index in [2.05, 4.69) is 4.99 Å². The minimum Gasteiger partial charge on any atom is -0.369 e. The molecule has 56 valence electrons. The summed E-state index contributed by atoms with van der Waals surface area (Å²) < 4.78 is 0. The predicted molar refractivity (Wildman–Crippen MR) is 38.5 cm³/mol. The van der Waals surface area contributed by atoms with E-state index >= 15 is 0 Å². The summed E-state index contributed by atoms with van der Waals surface area (Å²) in [4.78, 5) is 16.0. The van der Waals surface area contributed by atoms with E-state index < -0.39 is 0 Å². The molecule has 0 saturated carbocycles. The lowest BCUT2D eigenvalue weighted by molar-refractivity contribution is -0.117. The lowest BCUT2D eigenvalue weighted by Crippen LogP contribution is -2.34. The summed E-state index contributed by atoms with van der Waals surface area (Å²) in [6.45, 7) is 3.22. The van der Waals surface area contributed by atoms with E-state index in [1.807, 2.05) is 6.92 Å². The lowest BCUT2D eigenvalue weighted by atomic mass is 10.4. The number of amides is 1. The maximum Gasteiger partial charge on any atom is 0.268 e. The monoisotopic (exact) mass is 141 g/mol. The number of hydrogen-bond acceptors (Lipinski definition) is 3. The molecule has 0 aliphatic carbocycles. The van der Waals surface area contributed by atoms with Crippen LogP contribution in [-0.2, 0) is 4.79 Å². The molecule has 1 rings (SSSR count). The van der Waals surface area contributed by atoms with Gasteiger partial charge in [0, 0.05) is 6.54 Å². The molecule has 4 nitrogen and oxygen atoms in total. The number of hydrogen-bond donors (Lipinski definition) is 1. The van der Waals surface area contributed by atoms with Gasteiger partial charge in [-0.05, 0) is 6.42 Å². The van der Waals surface area contributed by atoms with Gasteiger partial charge in [0.1, 0.15) is 6.54 Å². The second-order valence-electron chi connectivity index (χ2n) is 2.29. The van der Waals surface area contributed by atoms with Crippen molar-refractivity contribution in [3.63, 3.8) is 0 Å². The van der Waals surface area contributed by atoms with Gasteiger partial charge in [0.05, 0.1) is 0 Å². The molecule has 1 amide bonds. The van der Waals surface area contributed by atoms with Crippen LogP contribution in [0.4, 0.5) is 0 Å². The second kappa shape index (κ2) is 2.68. The maximum absolute atomic E-state index is 10.6. The first-order valence-electron chi connectivity index (χ1n) is 3.36. The van der Waals surface area contributed by atoms with Gasteiger partial charge < -0.3 is 10.6 Å². The van der Waals surface area contributed by atoms with Gasteiger partial charge in [0.2, 0.25) is 0 Å². The molecule has 1 aliphatic rings. The highest BCUT2D eigenvalue weighted by Crippen LogP contribution is 1.99. The Labute approximate surface area is 59.7 Å². The third kappa shape index (κ3) is 1.26. The Hall–Kier alpha value is -1.06. The zero-order chi connectivity index (χ0) is 7.56. The zero-order valence-corrected chi connectivity index (χ0v) is 6.00. The number of carbonyl (C=O) groups excluding carboxylic acids is 1. The zero-order valence-electron chi connectivity index (χ0n) is 6.00. The molecule has 0 atom stereocenters. The average molecular weight is 141 g/mol. The van der Waals surface area contributed by atoms with Crippen molar-refractivity contribution >= 4 is 11.9 Å². The summed E-state index contributed by atoms with van der Waals surface area (Å²) in [5.41, 5.74) is 5.41. The van der Waals surface area contributed by atoms with Crippen molar-refractivity contribution < 1.29 is 4.79 Å². The minimum atomic E-state index is -0.133. The molecule has 4 heteroatoms. The smallest absolute Gasteiger partial charge is 0.268 e. The summed E-state index contributed by atoms with van der Waals surface area (Å²) in [6, 6.07) is 0. The SMILES string of the molecule is CCCN1CC(=O)N=C1N. The molecule has 0 saturated heterocycles. The molecular formula is C6H11N3O. The molecule has 0 spiro atoms. The highest BCUT2D eigenvalue weighted by atomic mass is 16.2. The van der Waals surface area contributed by atoms with E-state index in [1.54, 1.807) is 4.90 Å². The Kier molecular flexibility index (Phi) is 1.89. The number of nitrogens with two attached hydrogens (primary N) is 1. The van der Waals surface area contributed by atoms with Gasteiger partial charge in [0.25, 0.3) is 5.91 Å². The molecule has 0 aromatic heterocycles. The molecule has 0 bridgehead atoms. The van der Waals surface area contributed by atoms with Gasteiger partial charge in [0.15, 0.2) is 5.96 Å². The third-order valence-electron chi connectivity index (χ3n) is 1.38. The van der Waals surface area contributed by atoms with E-state index in [0.717, 1.165) is 13.0 Å². The van der Waals surface area contributed by atoms with Crippen molar-refractivity contribution in [3.05, 3.63) is 0 Å². The van der Waals surface area contributed by atoms with Crippen LogP contribution >= 0.6 is 0 Å². The summed E-state index contributed by atoms with van der Waals surface area (Å²) in [5, 5.41) is 0. The average Bonchev–Trinajstić information content (AvgIpc) is 2.13. The maximum atomic E-state index is 10.6. The topological polar surface area (TPSA) is 58.7 Å². The van der Waals surface area contributed by atoms with Crippen LogP contribution in [0, 0.1) is 0 Å². The van der Waals surface area contributed by atoms with Crippen LogP contribution in [0.2, 0.25) is 0 Å². The highest BCUT2D eigenvalue weighted by Gasteiger charge is 2.18. The molecule has 1 aliphatic heterocycles. The van der Waals surface area contributed by atoms with Gasteiger partial charge in [-0.25, -0.2) is 0 Å². The van der Waals surface area contributed by atoms with Gasteiger partial charge in [-0.15, -0.1) is 0 Å². The van der Waals surface area contributed by atoms with Crippen LogP contribution in [0.1, 0.15) is 13.3 Å². The Morgan fingerprint density at radius 1 is 1.80 bits per heavy atom.